The van der Waals surface area contributed by atoms with Gasteiger partial charge in [-0.3, -0.25) is 0 Å². The summed E-state index contributed by atoms with van der Waals surface area (Å²) in [6.07, 6.45) is 0. The largest absolute Gasteiger partial charge is 0.207 e. The molecule has 0 nitrogen and oxygen atoms in total. The first kappa shape index (κ1) is 8.75. The van der Waals surface area contributed by atoms with Crippen molar-refractivity contribution in [2.24, 2.45) is 0 Å². The van der Waals surface area contributed by atoms with Crippen LogP contribution in [0.1, 0.15) is 10.4 Å². The first-order valence-electron chi connectivity index (χ1n) is 2.84. The lowest BCUT2D eigenvalue weighted by Crippen LogP contribution is -1.86. The Morgan fingerprint density at radius 1 is 1.00 bits per heavy atom. The molecule has 0 amide bonds. The van der Waals surface area contributed by atoms with Crippen molar-refractivity contribution in [1.29, 1.82) is 0 Å². The van der Waals surface area contributed by atoms with E-state index in [1.807, 2.05) is 0 Å². The Morgan fingerprint density at radius 2 is 1.45 bits per heavy atom. The summed E-state index contributed by atoms with van der Waals surface area (Å²) in [5, 5.41) is 0. The van der Waals surface area contributed by atoms with E-state index in [9.17, 15) is 8.78 Å². The van der Waals surface area contributed by atoms with Gasteiger partial charge < -0.3 is 0 Å². The summed E-state index contributed by atoms with van der Waals surface area (Å²) in [5.41, 5.74) is 0.228. The van der Waals surface area contributed by atoms with E-state index in [0.717, 1.165) is 18.2 Å². The van der Waals surface area contributed by atoms with Crippen LogP contribution < -0.4 is 0 Å². The molecule has 1 aromatic rings. The van der Waals surface area contributed by atoms with Crippen molar-refractivity contribution in [2.75, 3.05) is 0 Å². The van der Waals surface area contributed by atoms with Crippen LogP contribution in [-0.2, 0) is 0 Å². The van der Waals surface area contributed by atoms with E-state index < -0.39 is 16.5 Å². The zero-order valence-electron chi connectivity index (χ0n) is 5.32. The van der Waals surface area contributed by atoms with Gasteiger partial charge in [0.25, 0.3) is 0 Å². The number of rotatable bonds is 1. The fourth-order valence-electron chi connectivity index (χ4n) is 0.701. The molecule has 0 radical (unpaired) electrons. The Bertz CT molecular complexity index is 240. The minimum absolute atomic E-state index is 0.228. The second-order valence-electron chi connectivity index (χ2n) is 2.00. The average molecular weight is 197 g/mol. The Labute approximate surface area is 72.7 Å². The van der Waals surface area contributed by atoms with E-state index in [1.54, 1.807) is 0 Å². The van der Waals surface area contributed by atoms with Crippen LogP contribution in [-0.4, -0.2) is 0 Å². The average Bonchev–Trinajstić information content (AvgIpc) is 1.85. The molecule has 11 heavy (non-hydrogen) atoms. The summed E-state index contributed by atoms with van der Waals surface area (Å²) < 4.78 is 24.9. The smallest absolute Gasteiger partial charge is 0.133 e. The molecule has 0 saturated heterocycles. The number of benzene rings is 1. The summed E-state index contributed by atoms with van der Waals surface area (Å²) in [6.45, 7) is 0. The van der Waals surface area contributed by atoms with Crippen molar-refractivity contribution in [3.8, 4) is 0 Å². The standard InChI is InChI=1S/C7H4Cl2F2/c8-7(9)4-1-5(10)3-6(11)2-4/h1-3,7H. The Balaban J connectivity index is 3.08. The molecule has 0 bridgehead atoms. The lowest BCUT2D eigenvalue weighted by molar-refractivity contribution is 0.581. The summed E-state index contributed by atoms with van der Waals surface area (Å²) >= 11 is 10.8. The highest BCUT2D eigenvalue weighted by Gasteiger charge is 2.06. The highest BCUT2D eigenvalue weighted by molar-refractivity contribution is 6.44. The lowest BCUT2D eigenvalue weighted by atomic mass is 10.2. The zero-order chi connectivity index (χ0) is 8.43. The van der Waals surface area contributed by atoms with Crippen molar-refractivity contribution in [3.63, 3.8) is 0 Å². The SMILES string of the molecule is Fc1cc(F)cc(C(Cl)Cl)c1. The molecule has 60 valence electrons. The predicted octanol–water partition coefficient (Wildman–Crippen LogP) is 3.44. The van der Waals surface area contributed by atoms with Crippen LogP contribution in [0.15, 0.2) is 18.2 Å². The Morgan fingerprint density at radius 3 is 1.82 bits per heavy atom. The lowest BCUT2D eigenvalue weighted by Gasteiger charge is -2.00. The van der Waals surface area contributed by atoms with E-state index in [0.29, 0.717) is 0 Å². The van der Waals surface area contributed by atoms with Gasteiger partial charge in [-0.2, -0.15) is 0 Å². The molecule has 0 heterocycles. The quantitative estimate of drug-likeness (QED) is 0.605. The number of alkyl halides is 2. The van der Waals surface area contributed by atoms with Crippen LogP contribution in [0.2, 0.25) is 0 Å². The molecule has 0 aliphatic carbocycles. The minimum atomic E-state index is -0.889. The molecule has 0 spiro atoms. The summed E-state index contributed by atoms with van der Waals surface area (Å²) in [4.78, 5) is -0.889. The molecule has 1 rings (SSSR count). The van der Waals surface area contributed by atoms with Crippen molar-refractivity contribution in [1.82, 2.24) is 0 Å². The van der Waals surface area contributed by atoms with Gasteiger partial charge in [0.15, 0.2) is 0 Å². The minimum Gasteiger partial charge on any atom is -0.207 e. The molecular formula is C7H4Cl2F2. The van der Waals surface area contributed by atoms with Crippen molar-refractivity contribution < 1.29 is 8.78 Å². The third-order valence-corrected chi connectivity index (χ3v) is 1.64. The third kappa shape index (κ3) is 2.31. The molecule has 0 aliphatic heterocycles. The van der Waals surface area contributed by atoms with Crippen molar-refractivity contribution >= 4 is 23.2 Å². The van der Waals surface area contributed by atoms with Gasteiger partial charge in [0.1, 0.15) is 16.5 Å². The molecule has 0 fully saturated rings. The second-order valence-corrected chi connectivity index (χ2v) is 3.10. The molecular weight excluding hydrogens is 193 g/mol. The monoisotopic (exact) mass is 196 g/mol. The molecule has 0 N–H and O–H groups in total. The van der Waals surface area contributed by atoms with Crippen LogP contribution in [0.3, 0.4) is 0 Å². The Kier molecular flexibility index (Phi) is 2.68. The first-order valence-corrected chi connectivity index (χ1v) is 3.71. The predicted molar refractivity (Wildman–Crippen MR) is 40.8 cm³/mol. The molecule has 0 saturated carbocycles. The summed E-state index contributed by atoms with van der Waals surface area (Å²) in [6, 6.07) is 2.95. The van der Waals surface area contributed by atoms with Gasteiger partial charge >= 0.3 is 0 Å². The van der Waals surface area contributed by atoms with Crippen LogP contribution in [0.4, 0.5) is 8.78 Å². The van der Waals surface area contributed by atoms with Gasteiger partial charge in [-0.1, -0.05) is 0 Å². The number of hydrogen-bond donors (Lipinski definition) is 0. The fourth-order valence-corrected chi connectivity index (χ4v) is 0.953. The topological polar surface area (TPSA) is 0 Å². The van der Waals surface area contributed by atoms with E-state index in [4.69, 9.17) is 23.2 Å². The maximum absolute atomic E-state index is 12.4. The van der Waals surface area contributed by atoms with Gasteiger partial charge in [-0.15, -0.1) is 23.2 Å². The van der Waals surface area contributed by atoms with E-state index in [-0.39, 0.29) is 5.56 Å². The molecule has 0 aromatic heterocycles. The van der Waals surface area contributed by atoms with E-state index in [2.05, 4.69) is 0 Å². The molecule has 0 aliphatic rings. The molecule has 0 unspecified atom stereocenters. The second kappa shape index (κ2) is 3.37. The van der Waals surface area contributed by atoms with Gasteiger partial charge in [0.2, 0.25) is 0 Å². The van der Waals surface area contributed by atoms with E-state index in [1.165, 1.54) is 0 Å². The van der Waals surface area contributed by atoms with Crippen LogP contribution in [0, 0.1) is 11.6 Å². The van der Waals surface area contributed by atoms with Crippen LogP contribution >= 0.6 is 23.2 Å². The van der Waals surface area contributed by atoms with Crippen LogP contribution in [0.5, 0.6) is 0 Å². The van der Waals surface area contributed by atoms with Crippen molar-refractivity contribution in [2.45, 2.75) is 4.84 Å². The van der Waals surface area contributed by atoms with Gasteiger partial charge in [0.05, 0.1) is 0 Å². The Hall–Kier alpha value is -0.340. The van der Waals surface area contributed by atoms with Gasteiger partial charge in [-0.05, 0) is 17.7 Å². The number of hydrogen-bond acceptors (Lipinski definition) is 0. The highest BCUT2D eigenvalue weighted by atomic mass is 35.5. The third-order valence-electron chi connectivity index (χ3n) is 1.14. The maximum atomic E-state index is 12.4. The molecule has 1 aromatic carbocycles. The van der Waals surface area contributed by atoms with Gasteiger partial charge in [0, 0.05) is 6.07 Å². The fraction of sp³-hybridized carbons (Fsp3) is 0.143. The maximum Gasteiger partial charge on any atom is 0.133 e. The summed E-state index contributed by atoms with van der Waals surface area (Å²) in [5.74, 6) is -1.35. The van der Waals surface area contributed by atoms with Crippen molar-refractivity contribution in [3.05, 3.63) is 35.4 Å². The van der Waals surface area contributed by atoms with E-state index >= 15 is 0 Å². The normalized spacial score (nSPS) is 10.6. The van der Waals surface area contributed by atoms with Crippen LogP contribution in [0.25, 0.3) is 0 Å². The first-order chi connectivity index (χ1) is 5.09. The molecule has 4 heteroatoms. The van der Waals surface area contributed by atoms with Gasteiger partial charge in [-0.25, -0.2) is 8.78 Å². The zero-order valence-corrected chi connectivity index (χ0v) is 6.83. The summed E-state index contributed by atoms with van der Waals surface area (Å²) in [7, 11) is 0. The number of halogens is 4. The highest BCUT2D eigenvalue weighted by Crippen LogP contribution is 2.25. The molecule has 0 atom stereocenters.